The van der Waals surface area contributed by atoms with Crippen LogP contribution in [0.4, 0.5) is 0 Å². The van der Waals surface area contributed by atoms with Crippen molar-refractivity contribution in [2.24, 2.45) is 0 Å². The van der Waals surface area contributed by atoms with E-state index in [1.807, 2.05) is 0 Å². The number of unbranched alkanes of at least 4 members (excludes halogenated alkanes) is 36. The third-order valence-corrected chi connectivity index (χ3v) is 14.3. The van der Waals surface area contributed by atoms with Crippen LogP contribution in [0.25, 0.3) is 0 Å². The molecule has 0 aromatic heterocycles. The molecule has 0 spiro atoms. The fourth-order valence-corrected chi connectivity index (χ4v) is 9.56. The number of carbonyl (C=O) groups is 1. The Morgan fingerprint density at radius 2 is 0.868 bits per heavy atom. The van der Waals surface area contributed by atoms with Crippen LogP contribution in [0.2, 0.25) is 0 Å². The molecule has 1 aliphatic heterocycles. The molecule has 1 fully saturated rings. The topological polar surface area (TPSA) is 189 Å². The molecule has 1 saturated heterocycles. The first-order chi connectivity index (χ1) is 33.2. The second-order valence-electron chi connectivity index (χ2n) is 20.7. The fourth-order valence-electron chi connectivity index (χ4n) is 9.56. The number of nitrogens with one attached hydrogen (secondary N) is 1. The highest BCUT2D eigenvalue weighted by Crippen LogP contribution is 2.23. The van der Waals surface area contributed by atoms with Gasteiger partial charge in [-0.15, -0.1) is 0 Å². The summed E-state index contributed by atoms with van der Waals surface area (Å²) in [4.78, 5) is 13.1. The standard InChI is InChI=1S/C57H111NO10/c1-3-5-7-9-11-13-15-17-18-19-20-21-22-23-24-25-26-27-28-29-30-31-32-33-35-37-39-41-43-45-50(61)56(66)58-48(47-67-57-55(65)54(64)53(63)51(46-59)68-57)52(62)49(60)44-42-40-38-36-34-16-14-12-10-8-6-4-2/h36,38,48-55,57,59-65H,3-35,37,39-47H2,1-2H3,(H,58,66)/b38-36+. The Balaban J connectivity index is 2.21. The number of rotatable bonds is 50. The maximum absolute atomic E-state index is 13.1. The smallest absolute Gasteiger partial charge is 0.249 e. The molecule has 11 nitrogen and oxygen atoms in total. The summed E-state index contributed by atoms with van der Waals surface area (Å²) in [6.07, 6.45) is 43.0. The molecule has 68 heavy (non-hydrogen) atoms. The molecule has 1 heterocycles. The second kappa shape index (κ2) is 46.9. The average molecular weight is 971 g/mol. The van der Waals surface area contributed by atoms with E-state index in [1.54, 1.807) is 0 Å². The Kier molecular flexibility index (Phi) is 44.7. The number of allylic oxidation sites excluding steroid dienone is 2. The van der Waals surface area contributed by atoms with Crippen molar-refractivity contribution in [1.29, 1.82) is 0 Å². The van der Waals surface area contributed by atoms with Gasteiger partial charge in [0.15, 0.2) is 6.29 Å². The maximum atomic E-state index is 13.1. The Labute approximate surface area is 417 Å². The summed E-state index contributed by atoms with van der Waals surface area (Å²) in [7, 11) is 0. The molecule has 8 N–H and O–H groups in total. The lowest BCUT2D eigenvalue weighted by atomic mass is 9.98. The summed E-state index contributed by atoms with van der Waals surface area (Å²) < 4.78 is 11.1. The van der Waals surface area contributed by atoms with Crippen molar-refractivity contribution in [3.05, 3.63) is 12.2 Å². The molecule has 404 valence electrons. The van der Waals surface area contributed by atoms with E-state index in [9.17, 15) is 40.5 Å². The van der Waals surface area contributed by atoms with Crippen molar-refractivity contribution in [3.8, 4) is 0 Å². The minimum atomic E-state index is -1.66. The number of carbonyl (C=O) groups excluding carboxylic acids is 1. The van der Waals surface area contributed by atoms with Gasteiger partial charge in [-0.3, -0.25) is 4.79 Å². The van der Waals surface area contributed by atoms with Gasteiger partial charge in [0.2, 0.25) is 5.91 Å². The van der Waals surface area contributed by atoms with Gasteiger partial charge in [-0.05, 0) is 38.5 Å². The van der Waals surface area contributed by atoms with Crippen molar-refractivity contribution >= 4 is 5.91 Å². The molecule has 9 atom stereocenters. The number of amides is 1. The van der Waals surface area contributed by atoms with Gasteiger partial charge in [-0.1, -0.05) is 251 Å². The fraction of sp³-hybridized carbons (Fsp3) is 0.947. The zero-order chi connectivity index (χ0) is 49.7. The van der Waals surface area contributed by atoms with Crippen LogP contribution in [0.3, 0.4) is 0 Å². The summed E-state index contributed by atoms with van der Waals surface area (Å²) in [6.45, 7) is 3.45. The minimum Gasteiger partial charge on any atom is -0.394 e. The van der Waals surface area contributed by atoms with Crippen molar-refractivity contribution in [2.75, 3.05) is 13.2 Å². The first-order valence-corrected chi connectivity index (χ1v) is 29.1. The molecule has 0 aromatic rings. The first kappa shape index (κ1) is 64.9. The zero-order valence-corrected chi connectivity index (χ0v) is 44.1. The van der Waals surface area contributed by atoms with E-state index >= 15 is 0 Å². The van der Waals surface area contributed by atoms with Gasteiger partial charge in [0.25, 0.3) is 0 Å². The minimum absolute atomic E-state index is 0.259. The van der Waals surface area contributed by atoms with Crippen LogP contribution in [0.5, 0.6) is 0 Å². The first-order valence-electron chi connectivity index (χ1n) is 29.1. The SMILES string of the molecule is CCCCCCCCC/C=C/CCCC(O)C(O)C(COC1OC(CO)C(O)C(O)C1O)NC(=O)C(O)CCCCCCCCCCCCCCCCCCCCCCCCCCCCCCC. The average Bonchev–Trinajstić information content (AvgIpc) is 3.34. The molecule has 0 radical (unpaired) electrons. The predicted octanol–water partition coefficient (Wildman–Crippen LogP) is 12.0. The highest BCUT2D eigenvalue weighted by Gasteiger charge is 2.44. The lowest BCUT2D eigenvalue weighted by Gasteiger charge is -2.40. The number of hydrogen-bond donors (Lipinski definition) is 8. The van der Waals surface area contributed by atoms with Crippen LogP contribution in [-0.2, 0) is 14.3 Å². The Bertz CT molecular complexity index is 1110. The van der Waals surface area contributed by atoms with E-state index in [1.165, 1.54) is 199 Å². The number of ether oxygens (including phenoxy) is 2. The summed E-state index contributed by atoms with van der Waals surface area (Å²) in [5, 5.41) is 75.9. The largest absolute Gasteiger partial charge is 0.394 e. The molecular weight excluding hydrogens is 859 g/mol. The Morgan fingerprint density at radius 3 is 1.26 bits per heavy atom. The van der Waals surface area contributed by atoms with Gasteiger partial charge < -0.3 is 50.5 Å². The highest BCUT2D eigenvalue weighted by molar-refractivity contribution is 5.80. The molecule has 1 amide bonds. The maximum Gasteiger partial charge on any atom is 0.249 e. The van der Waals surface area contributed by atoms with Crippen LogP contribution in [-0.4, -0.2) is 110 Å². The van der Waals surface area contributed by atoms with Crippen molar-refractivity contribution in [1.82, 2.24) is 5.32 Å². The summed E-state index contributed by atoms with van der Waals surface area (Å²) in [5.74, 6) is -0.702. The summed E-state index contributed by atoms with van der Waals surface area (Å²) in [6, 6.07) is -1.18. The van der Waals surface area contributed by atoms with E-state index in [-0.39, 0.29) is 12.8 Å². The molecular formula is C57H111NO10. The second-order valence-corrected chi connectivity index (χ2v) is 20.7. The summed E-state index contributed by atoms with van der Waals surface area (Å²) in [5.41, 5.74) is 0. The van der Waals surface area contributed by atoms with Gasteiger partial charge in [0.05, 0.1) is 25.4 Å². The zero-order valence-electron chi connectivity index (χ0n) is 44.1. The van der Waals surface area contributed by atoms with Crippen LogP contribution in [0.1, 0.15) is 277 Å². The van der Waals surface area contributed by atoms with Gasteiger partial charge in [-0.25, -0.2) is 0 Å². The number of hydrogen-bond acceptors (Lipinski definition) is 10. The van der Waals surface area contributed by atoms with E-state index in [0.717, 1.165) is 38.5 Å². The van der Waals surface area contributed by atoms with Gasteiger partial charge in [0, 0.05) is 0 Å². The lowest BCUT2D eigenvalue weighted by molar-refractivity contribution is -0.303. The molecule has 0 aromatic carbocycles. The monoisotopic (exact) mass is 970 g/mol. The van der Waals surface area contributed by atoms with Crippen LogP contribution in [0.15, 0.2) is 12.2 Å². The van der Waals surface area contributed by atoms with Gasteiger partial charge in [-0.2, -0.15) is 0 Å². The normalized spacial score (nSPS) is 20.5. The van der Waals surface area contributed by atoms with Crippen molar-refractivity contribution in [3.63, 3.8) is 0 Å². The third kappa shape index (κ3) is 35.1. The molecule has 1 aliphatic rings. The highest BCUT2D eigenvalue weighted by atomic mass is 16.7. The van der Waals surface area contributed by atoms with Crippen LogP contribution < -0.4 is 5.32 Å². The molecule has 0 bridgehead atoms. The molecule has 11 heteroatoms. The molecule has 9 unspecified atom stereocenters. The van der Waals surface area contributed by atoms with E-state index < -0.39 is 74.2 Å². The summed E-state index contributed by atoms with van der Waals surface area (Å²) >= 11 is 0. The van der Waals surface area contributed by atoms with Gasteiger partial charge >= 0.3 is 0 Å². The van der Waals surface area contributed by atoms with Crippen LogP contribution >= 0.6 is 0 Å². The molecule has 0 aliphatic carbocycles. The van der Waals surface area contributed by atoms with Crippen molar-refractivity contribution in [2.45, 2.75) is 332 Å². The quantitative estimate of drug-likeness (QED) is 0.0215. The number of aliphatic hydroxyl groups is 7. The van der Waals surface area contributed by atoms with E-state index in [4.69, 9.17) is 9.47 Å². The predicted molar refractivity (Wildman–Crippen MR) is 279 cm³/mol. The Morgan fingerprint density at radius 1 is 0.500 bits per heavy atom. The van der Waals surface area contributed by atoms with E-state index in [2.05, 4.69) is 31.3 Å². The lowest BCUT2D eigenvalue weighted by Crippen LogP contribution is -2.60. The molecule has 1 rings (SSSR count). The number of aliphatic hydroxyl groups excluding tert-OH is 7. The van der Waals surface area contributed by atoms with Gasteiger partial charge in [0.1, 0.15) is 36.6 Å². The third-order valence-electron chi connectivity index (χ3n) is 14.3. The Hall–Kier alpha value is -1.15. The van der Waals surface area contributed by atoms with E-state index in [0.29, 0.717) is 12.8 Å². The van der Waals surface area contributed by atoms with Crippen molar-refractivity contribution < 1.29 is 50.0 Å². The van der Waals surface area contributed by atoms with Crippen LogP contribution in [0, 0.1) is 0 Å². The molecule has 0 saturated carbocycles.